The van der Waals surface area contributed by atoms with Crippen molar-refractivity contribution in [2.24, 2.45) is 0 Å². The SMILES string of the molecule is Nc1ccc(-n2c(-c3ccccc3Cl)nc(-c3ccccc3)c2-c2ccccc2)cc1. The molecule has 0 bridgehead atoms. The molecule has 0 amide bonds. The van der Waals surface area contributed by atoms with Crippen LogP contribution in [0.1, 0.15) is 0 Å². The van der Waals surface area contributed by atoms with Crippen molar-refractivity contribution in [3.8, 4) is 39.6 Å². The van der Waals surface area contributed by atoms with Crippen molar-refractivity contribution >= 4 is 17.3 Å². The molecule has 31 heavy (non-hydrogen) atoms. The Morgan fingerprint density at radius 2 is 1.23 bits per heavy atom. The molecule has 2 N–H and O–H groups in total. The summed E-state index contributed by atoms with van der Waals surface area (Å²) < 4.78 is 2.16. The van der Waals surface area contributed by atoms with E-state index in [0.717, 1.165) is 39.6 Å². The molecule has 0 aliphatic carbocycles. The van der Waals surface area contributed by atoms with Gasteiger partial charge in [0, 0.05) is 28.1 Å². The van der Waals surface area contributed by atoms with Gasteiger partial charge in [0.1, 0.15) is 5.82 Å². The van der Waals surface area contributed by atoms with Gasteiger partial charge in [-0.3, -0.25) is 4.57 Å². The number of hydrogen-bond acceptors (Lipinski definition) is 2. The highest BCUT2D eigenvalue weighted by atomic mass is 35.5. The van der Waals surface area contributed by atoms with E-state index in [1.54, 1.807) is 0 Å². The molecule has 5 aromatic rings. The molecule has 0 aliphatic heterocycles. The van der Waals surface area contributed by atoms with E-state index in [2.05, 4.69) is 28.8 Å². The van der Waals surface area contributed by atoms with Gasteiger partial charge in [-0.2, -0.15) is 0 Å². The molecule has 0 aliphatic rings. The summed E-state index contributed by atoms with van der Waals surface area (Å²) in [5.74, 6) is 0.785. The van der Waals surface area contributed by atoms with E-state index in [-0.39, 0.29) is 0 Å². The lowest BCUT2D eigenvalue weighted by molar-refractivity contribution is 1.07. The van der Waals surface area contributed by atoms with Crippen LogP contribution in [0.25, 0.3) is 39.6 Å². The van der Waals surface area contributed by atoms with E-state index in [1.165, 1.54) is 0 Å². The average Bonchev–Trinajstić information content (AvgIpc) is 3.21. The number of nitrogens with two attached hydrogens (primary N) is 1. The molecule has 4 aromatic carbocycles. The molecule has 5 rings (SSSR count). The number of nitrogen functional groups attached to an aromatic ring is 1. The fourth-order valence-corrected chi connectivity index (χ4v) is 4.00. The van der Waals surface area contributed by atoms with E-state index in [9.17, 15) is 0 Å². The Kier molecular flexibility index (Phi) is 5.03. The zero-order chi connectivity index (χ0) is 21.2. The molecular weight excluding hydrogens is 402 g/mol. The third-order valence-corrected chi connectivity index (χ3v) is 5.57. The summed E-state index contributed by atoms with van der Waals surface area (Å²) in [6.45, 7) is 0. The van der Waals surface area contributed by atoms with Crippen LogP contribution in [0.3, 0.4) is 0 Å². The first-order valence-corrected chi connectivity index (χ1v) is 10.4. The number of nitrogens with zero attached hydrogens (tertiary/aromatic N) is 2. The van der Waals surface area contributed by atoms with Crippen LogP contribution in [-0.2, 0) is 0 Å². The monoisotopic (exact) mass is 421 g/mol. The van der Waals surface area contributed by atoms with E-state index in [4.69, 9.17) is 22.3 Å². The third kappa shape index (κ3) is 3.60. The fourth-order valence-electron chi connectivity index (χ4n) is 3.78. The number of anilines is 1. The van der Waals surface area contributed by atoms with Crippen LogP contribution in [0.2, 0.25) is 5.02 Å². The van der Waals surface area contributed by atoms with Crippen LogP contribution in [0.5, 0.6) is 0 Å². The van der Waals surface area contributed by atoms with Gasteiger partial charge in [0.15, 0.2) is 0 Å². The smallest absolute Gasteiger partial charge is 0.147 e. The summed E-state index contributed by atoms with van der Waals surface area (Å²) in [5.41, 5.74) is 12.6. The van der Waals surface area contributed by atoms with Crippen LogP contribution >= 0.6 is 11.6 Å². The Balaban J connectivity index is 1.90. The summed E-state index contributed by atoms with van der Waals surface area (Å²) >= 11 is 6.62. The molecule has 1 heterocycles. The van der Waals surface area contributed by atoms with Crippen LogP contribution in [0.4, 0.5) is 5.69 Å². The zero-order valence-corrected chi connectivity index (χ0v) is 17.5. The van der Waals surface area contributed by atoms with E-state index in [0.29, 0.717) is 10.7 Å². The van der Waals surface area contributed by atoms with Crippen molar-refractivity contribution in [2.75, 3.05) is 5.73 Å². The predicted molar refractivity (Wildman–Crippen MR) is 129 cm³/mol. The summed E-state index contributed by atoms with van der Waals surface area (Å²) in [6, 6.07) is 36.2. The second-order valence-corrected chi connectivity index (χ2v) is 7.68. The van der Waals surface area contributed by atoms with E-state index < -0.39 is 0 Å². The number of aromatic nitrogens is 2. The lowest BCUT2D eigenvalue weighted by Crippen LogP contribution is -2.01. The molecule has 1 aromatic heterocycles. The first-order chi connectivity index (χ1) is 15.2. The molecule has 0 radical (unpaired) electrons. The van der Waals surface area contributed by atoms with Crippen molar-refractivity contribution < 1.29 is 0 Å². The number of hydrogen-bond donors (Lipinski definition) is 1. The number of halogens is 1. The average molecular weight is 422 g/mol. The van der Waals surface area contributed by atoms with Crippen molar-refractivity contribution in [1.82, 2.24) is 9.55 Å². The molecule has 0 unspecified atom stereocenters. The minimum atomic E-state index is 0.656. The van der Waals surface area contributed by atoms with E-state index in [1.807, 2.05) is 84.9 Å². The highest BCUT2D eigenvalue weighted by molar-refractivity contribution is 6.33. The Labute approximate surface area is 186 Å². The second-order valence-electron chi connectivity index (χ2n) is 7.27. The van der Waals surface area contributed by atoms with Gasteiger partial charge in [-0.25, -0.2) is 4.98 Å². The molecule has 0 fully saturated rings. The molecule has 4 heteroatoms. The first-order valence-electron chi connectivity index (χ1n) is 10.1. The van der Waals surface area contributed by atoms with Crippen LogP contribution < -0.4 is 5.73 Å². The standard InChI is InChI=1S/C27H20ClN3/c28-24-14-8-7-13-23(24)27-30-25(19-9-3-1-4-10-19)26(20-11-5-2-6-12-20)31(27)22-17-15-21(29)16-18-22/h1-18H,29H2. The van der Waals surface area contributed by atoms with Gasteiger partial charge >= 0.3 is 0 Å². The molecule has 0 saturated heterocycles. The molecule has 0 saturated carbocycles. The second kappa shape index (κ2) is 8.13. The lowest BCUT2D eigenvalue weighted by atomic mass is 10.0. The summed E-state index contributed by atoms with van der Waals surface area (Å²) in [4.78, 5) is 5.13. The Morgan fingerprint density at radius 3 is 1.87 bits per heavy atom. The fraction of sp³-hybridized carbons (Fsp3) is 0. The van der Waals surface area contributed by atoms with Gasteiger partial charge in [0.25, 0.3) is 0 Å². The maximum Gasteiger partial charge on any atom is 0.147 e. The van der Waals surface area contributed by atoms with Crippen LogP contribution in [0, 0.1) is 0 Å². The molecule has 150 valence electrons. The van der Waals surface area contributed by atoms with Gasteiger partial charge in [0.2, 0.25) is 0 Å². The van der Waals surface area contributed by atoms with Gasteiger partial charge in [-0.15, -0.1) is 0 Å². The molecular formula is C27H20ClN3. The highest BCUT2D eigenvalue weighted by Crippen LogP contribution is 2.40. The Morgan fingerprint density at radius 1 is 0.645 bits per heavy atom. The molecule has 3 nitrogen and oxygen atoms in total. The summed E-state index contributed by atoms with van der Waals surface area (Å²) in [6.07, 6.45) is 0. The minimum absolute atomic E-state index is 0.656. The van der Waals surface area contributed by atoms with Gasteiger partial charge in [-0.05, 0) is 36.4 Å². The third-order valence-electron chi connectivity index (χ3n) is 5.24. The van der Waals surface area contributed by atoms with Crippen molar-refractivity contribution in [3.63, 3.8) is 0 Å². The quantitative estimate of drug-likeness (QED) is 0.314. The molecule has 0 spiro atoms. The zero-order valence-electron chi connectivity index (χ0n) is 16.7. The van der Waals surface area contributed by atoms with Gasteiger partial charge in [0.05, 0.1) is 16.4 Å². The molecule has 0 atom stereocenters. The van der Waals surface area contributed by atoms with Gasteiger partial charge in [-0.1, -0.05) is 84.4 Å². The van der Waals surface area contributed by atoms with Crippen molar-refractivity contribution in [2.45, 2.75) is 0 Å². The Hall–Kier alpha value is -3.82. The summed E-state index contributed by atoms with van der Waals surface area (Å²) in [7, 11) is 0. The maximum absolute atomic E-state index is 6.62. The normalized spacial score (nSPS) is 10.9. The number of imidazole rings is 1. The van der Waals surface area contributed by atoms with Crippen molar-refractivity contribution in [3.05, 3.63) is 114 Å². The number of rotatable bonds is 4. The minimum Gasteiger partial charge on any atom is -0.399 e. The highest BCUT2D eigenvalue weighted by Gasteiger charge is 2.23. The van der Waals surface area contributed by atoms with Gasteiger partial charge < -0.3 is 5.73 Å². The summed E-state index contributed by atoms with van der Waals surface area (Å²) in [5, 5.41) is 0.656. The first kappa shape index (κ1) is 19.2. The predicted octanol–water partition coefficient (Wildman–Crippen LogP) is 7.11. The van der Waals surface area contributed by atoms with Crippen LogP contribution in [-0.4, -0.2) is 9.55 Å². The lowest BCUT2D eigenvalue weighted by Gasteiger charge is -2.14. The maximum atomic E-state index is 6.62. The van der Waals surface area contributed by atoms with Crippen molar-refractivity contribution in [1.29, 1.82) is 0 Å². The largest absolute Gasteiger partial charge is 0.399 e. The number of benzene rings is 4. The van der Waals surface area contributed by atoms with E-state index >= 15 is 0 Å². The topological polar surface area (TPSA) is 43.8 Å². The Bertz CT molecular complexity index is 1320. The van der Waals surface area contributed by atoms with Crippen LogP contribution in [0.15, 0.2) is 109 Å².